The number of fused-ring (bicyclic) bond motifs is 1. The molecule has 0 saturated heterocycles. The van der Waals surface area contributed by atoms with Crippen molar-refractivity contribution in [2.24, 2.45) is 0 Å². The predicted octanol–water partition coefficient (Wildman–Crippen LogP) is 4.95. The van der Waals surface area contributed by atoms with Gasteiger partial charge in [0.2, 0.25) is 0 Å². The molecule has 0 saturated carbocycles. The van der Waals surface area contributed by atoms with Crippen LogP contribution >= 0.6 is 11.3 Å². The Labute approximate surface area is 180 Å². The summed E-state index contributed by atoms with van der Waals surface area (Å²) in [5, 5.41) is 9.33. The maximum Gasteiger partial charge on any atom is 0.322 e. The Morgan fingerprint density at radius 3 is 2.37 bits per heavy atom. The van der Waals surface area contributed by atoms with Crippen LogP contribution in [-0.2, 0) is 21.4 Å². The van der Waals surface area contributed by atoms with E-state index in [0.29, 0.717) is 5.56 Å². The largest absolute Gasteiger partial charge is 0.480 e. The first-order chi connectivity index (χ1) is 14.4. The fourth-order valence-electron chi connectivity index (χ4n) is 3.58. The van der Waals surface area contributed by atoms with Crippen LogP contribution in [0.4, 0.5) is 0 Å². The summed E-state index contributed by atoms with van der Waals surface area (Å²) in [5.41, 5.74) is 3.98. The van der Waals surface area contributed by atoms with Crippen LogP contribution in [0, 0.1) is 0 Å². The molecule has 1 aliphatic heterocycles. The molecule has 4 rings (SSSR count). The minimum atomic E-state index is -3.76. The van der Waals surface area contributed by atoms with Crippen LogP contribution in [0.2, 0.25) is 0 Å². The molecular formula is C23H21NO4S2. The number of carboxylic acid groups (broad SMARTS) is 1. The van der Waals surface area contributed by atoms with E-state index in [2.05, 4.69) is 24.3 Å². The van der Waals surface area contributed by atoms with Gasteiger partial charge in [-0.1, -0.05) is 67.6 Å². The zero-order valence-corrected chi connectivity index (χ0v) is 18.0. The van der Waals surface area contributed by atoms with Crippen LogP contribution in [0.15, 0.2) is 64.9 Å². The molecule has 1 N–H and O–H groups in total. The number of carbonyl (C=O) groups is 1. The summed E-state index contributed by atoms with van der Waals surface area (Å²) in [6, 6.07) is 19.1. The summed E-state index contributed by atoms with van der Waals surface area (Å²) in [6.45, 7) is 1.79. The third-order valence-electron chi connectivity index (χ3n) is 5.14. The summed E-state index contributed by atoms with van der Waals surface area (Å²) in [5.74, 6) is -1.12. The van der Waals surface area contributed by atoms with Crippen LogP contribution in [0.5, 0.6) is 0 Å². The molecule has 30 heavy (non-hydrogen) atoms. The average Bonchev–Trinajstić information content (AvgIpc) is 3.26. The van der Waals surface area contributed by atoms with Crippen LogP contribution in [0.25, 0.3) is 23.3 Å². The number of rotatable bonds is 6. The smallest absolute Gasteiger partial charge is 0.322 e. The monoisotopic (exact) mass is 439 g/mol. The van der Waals surface area contributed by atoms with E-state index in [1.807, 2.05) is 48.6 Å². The molecule has 0 amide bonds. The fraction of sp³-hybridized carbons (Fsp3) is 0.174. The van der Waals surface area contributed by atoms with E-state index in [9.17, 15) is 18.3 Å². The molecule has 0 radical (unpaired) electrons. The molecule has 5 nitrogen and oxygen atoms in total. The highest BCUT2D eigenvalue weighted by atomic mass is 32.2. The lowest BCUT2D eigenvalue weighted by atomic mass is 10.0. The zero-order valence-electron chi connectivity index (χ0n) is 16.4. The van der Waals surface area contributed by atoms with Gasteiger partial charge in [0, 0.05) is 11.4 Å². The first kappa shape index (κ1) is 20.5. The molecule has 0 fully saturated rings. The Hall–Kier alpha value is -2.74. The van der Waals surface area contributed by atoms with Gasteiger partial charge >= 0.3 is 5.97 Å². The van der Waals surface area contributed by atoms with Gasteiger partial charge < -0.3 is 5.11 Å². The van der Waals surface area contributed by atoms with Gasteiger partial charge in [0.1, 0.15) is 10.3 Å². The number of aliphatic carboxylic acids is 1. The molecular weight excluding hydrogens is 418 g/mol. The van der Waals surface area contributed by atoms with Crippen LogP contribution in [0.3, 0.4) is 0 Å². The van der Waals surface area contributed by atoms with Crippen LogP contribution in [0.1, 0.15) is 29.3 Å². The standard InChI is InChI=1S/C23H21NO4S2/c1-2-21(22(25)26)24-15-19-14-20(29-23(19)30(24,27)28)13-10-16-8-11-18(12-9-16)17-6-4-3-5-7-17/h3-14,21H,2,15H2,1H3,(H,25,26). The zero-order chi connectivity index (χ0) is 21.3. The Morgan fingerprint density at radius 1 is 1.10 bits per heavy atom. The highest BCUT2D eigenvalue weighted by Crippen LogP contribution is 2.39. The van der Waals surface area contributed by atoms with E-state index in [4.69, 9.17) is 0 Å². The maximum atomic E-state index is 12.8. The molecule has 1 aromatic heterocycles. The SMILES string of the molecule is CCC(C(=O)O)N1Cc2cc(C=Cc3ccc(-c4ccccc4)cc3)sc2S1(=O)=O. The Kier molecular flexibility index (Phi) is 5.60. The lowest BCUT2D eigenvalue weighted by Gasteiger charge is -2.21. The number of hydrogen-bond acceptors (Lipinski definition) is 4. The Balaban J connectivity index is 1.52. The summed E-state index contributed by atoms with van der Waals surface area (Å²) in [4.78, 5) is 12.2. The second-order valence-corrected chi connectivity index (χ2v) is 10.3. The number of hydrogen-bond donors (Lipinski definition) is 1. The van der Waals surface area contributed by atoms with Crippen molar-refractivity contribution in [3.05, 3.63) is 76.7 Å². The second-order valence-electron chi connectivity index (χ2n) is 7.10. The van der Waals surface area contributed by atoms with E-state index in [0.717, 1.165) is 25.9 Å². The quantitative estimate of drug-likeness (QED) is 0.590. The fourth-order valence-corrected chi connectivity index (χ4v) is 6.93. The molecule has 3 aromatic rings. The number of benzene rings is 2. The molecule has 0 aliphatic carbocycles. The minimum Gasteiger partial charge on any atom is -0.480 e. The highest BCUT2D eigenvalue weighted by molar-refractivity contribution is 7.91. The molecule has 1 aliphatic rings. The first-order valence-corrected chi connectivity index (χ1v) is 11.9. The highest BCUT2D eigenvalue weighted by Gasteiger charge is 2.42. The number of sulfonamides is 1. The maximum absolute atomic E-state index is 12.8. The van der Waals surface area contributed by atoms with Gasteiger partial charge in [-0.2, -0.15) is 4.31 Å². The molecule has 1 unspecified atom stereocenters. The summed E-state index contributed by atoms with van der Waals surface area (Å²) in [6.07, 6.45) is 4.08. The van der Waals surface area contributed by atoms with Crippen molar-refractivity contribution in [3.63, 3.8) is 0 Å². The molecule has 2 aromatic carbocycles. The average molecular weight is 440 g/mol. The van der Waals surface area contributed by atoms with E-state index in [1.165, 1.54) is 11.3 Å². The lowest BCUT2D eigenvalue weighted by Crippen LogP contribution is -2.40. The Bertz CT molecular complexity index is 1200. The van der Waals surface area contributed by atoms with E-state index in [1.54, 1.807) is 6.92 Å². The van der Waals surface area contributed by atoms with Crippen molar-refractivity contribution in [2.75, 3.05) is 0 Å². The molecule has 0 spiro atoms. The van der Waals surface area contributed by atoms with E-state index < -0.39 is 22.0 Å². The van der Waals surface area contributed by atoms with Gasteiger partial charge in [-0.15, -0.1) is 11.3 Å². The number of carboxylic acids is 1. The summed E-state index contributed by atoms with van der Waals surface area (Å²) < 4.78 is 26.9. The van der Waals surface area contributed by atoms with Crippen LogP contribution in [-0.4, -0.2) is 29.8 Å². The van der Waals surface area contributed by atoms with Crippen molar-refractivity contribution >= 4 is 39.5 Å². The third kappa shape index (κ3) is 3.84. The minimum absolute atomic E-state index is 0.110. The summed E-state index contributed by atoms with van der Waals surface area (Å²) >= 11 is 1.18. The van der Waals surface area contributed by atoms with Crippen molar-refractivity contribution in [1.82, 2.24) is 4.31 Å². The van der Waals surface area contributed by atoms with Gasteiger partial charge in [0.05, 0.1) is 0 Å². The number of thiophene rings is 1. The lowest BCUT2D eigenvalue weighted by molar-refractivity contribution is -0.141. The number of nitrogens with zero attached hydrogens (tertiary/aromatic N) is 1. The second kappa shape index (κ2) is 8.18. The molecule has 1 atom stereocenters. The normalized spacial score (nSPS) is 16.6. The topological polar surface area (TPSA) is 74.7 Å². The Morgan fingerprint density at radius 2 is 1.77 bits per heavy atom. The van der Waals surface area contributed by atoms with Crippen molar-refractivity contribution in [2.45, 2.75) is 30.1 Å². The molecule has 154 valence electrons. The third-order valence-corrected chi connectivity index (χ3v) is 8.69. The van der Waals surface area contributed by atoms with Gasteiger partial charge in [-0.25, -0.2) is 8.42 Å². The van der Waals surface area contributed by atoms with Gasteiger partial charge in [0.15, 0.2) is 0 Å². The van der Waals surface area contributed by atoms with E-state index in [-0.39, 0.29) is 17.2 Å². The molecule has 2 heterocycles. The predicted molar refractivity (Wildman–Crippen MR) is 120 cm³/mol. The van der Waals surface area contributed by atoms with Crippen molar-refractivity contribution < 1.29 is 18.3 Å². The molecule has 7 heteroatoms. The van der Waals surface area contributed by atoms with Crippen molar-refractivity contribution in [3.8, 4) is 11.1 Å². The molecule has 0 bridgehead atoms. The van der Waals surface area contributed by atoms with Gasteiger partial charge in [0.25, 0.3) is 10.0 Å². The summed E-state index contributed by atoms with van der Waals surface area (Å²) in [7, 11) is -3.76. The van der Waals surface area contributed by atoms with Crippen molar-refractivity contribution in [1.29, 1.82) is 0 Å². The first-order valence-electron chi connectivity index (χ1n) is 9.61. The van der Waals surface area contributed by atoms with Gasteiger partial charge in [-0.3, -0.25) is 4.79 Å². The van der Waals surface area contributed by atoms with Crippen LogP contribution < -0.4 is 0 Å². The van der Waals surface area contributed by atoms with E-state index >= 15 is 0 Å². The van der Waals surface area contributed by atoms with Gasteiger partial charge in [-0.05, 0) is 40.8 Å².